The lowest BCUT2D eigenvalue weighted by Gasteiger charge is -2.26. The third-order valence-corrected chi connectivity index (χ3v) is 12.5. The van der Waals surface area contributed by atoms with E-state index < -0.39 is 55.2 Å². The van der Waals surface area contributed by atoms with Gasteiger partial charge in [0.05, 0.1) is 33.4 Å². The summed E-state index contributed by atoms with van der Waals surface area (Å²) in [5.74, 6) is 1.60. The van der Waals surface area contributed by atoms with E-state index in [-0.39, 0.29) is 31.0 Å². The lowest BCUT2D eigenvalue weighted by Crippen LogP contribution is -2.37. The van der Waals surface area contributed by atoms with Crippen molar-refractivity contribution in [2.24, 2.45) is 5.73 Å². The number of hydrogen-bond acceptors (Lipinski definition) is 13. The summed E-state index contributed by atoms with van der Waals surface area (Å²) in [5, 5.41) is 23.1. The zero-order chi connectivity index (χ0) is 39.8. The van der Waals surface area contributed by atoms with Crippen LogP contribution in [-0.2, 0) is 44.4 Å². The van der Waals surface area contributed by atoms with Gasteiger partial charge in [-0.25, -0.2) is 26.4 Å². The molecule has 0 aliphatic heterocycles. The molecule has 1 amide bonds. The number of hydrogen-bond donors (Lipinski definition) is 3. The highest BCUT2D eigenvalue weighted by atomic mass is 127. The van der Waals surface area contributed by atoms with Crippen LogP contribution < -0.4 is 24.7 Å². The van der Waals surface area contributed by atoms with E-state index in [4.69, 9.17) is 19.9 Å². The molecule has 0 saturated carbocycles. The predicted octanol–water partition coefficient (Wildman–Crippen LogP) is 3.14. The highest BCUT2D eigenvalue weighted by Crippen LogP contribution is 2.38. The molecular formula is C35H38IN7O10S2. The van der Waals surface area contributed by atoms with Crippen molar-refractivity contribution >= 4 is 48.7 Å². The van der Waals surface area contributed by atoms with Gasteiger partial charge in [0.15, 0.2) is 0 Å². The number of nitrogens with zero attached hydrogens (tertiary/aromatic N) is 5. The third kappa shape index (κ3) is 10.5. The summed E-state index contributed by atoms with van der Waals surface area (Å²) in [7, 11) is -4.95. The average molecular weight is 908 g/mol. The fourth-order valence-electron chi connectivity index (χ4n) is 5.27. The van der Waals surface area contributed by atoms with E-state index in [9.17, 15) is 18.3 Å². The third-order valence-electron chi connectivity index (χ3n) is 8.08. The number of sulfonamides is 2. The van der Waals surface area contributed by atoms with Gasteiger partial charge in [-0.1, -0.05) is 36.4 Å². The number of carbonyl (C=O) groups excluding carboxylic acids is 1. The molecule has 0 bridgehead atoms. The second kappa shape index (κ2) is 18.2. The molecule has 5 rings (SSSR count). The molecule has 0 saturated heterocycles. The van der Waals surface area contributed by atoms with Crippen LogP contribution in [-0.4, -0.2) is 93.1 Å². The first-order valence-corrected chi connectivity index (χ1v) is 20.3. The molecule has 0 unspecified atom stereocenters. The van der Waals surface area contributed by atoms with Crippen molar-refractivity contribution in [3.8, 4) is 28.6 Å². The maximum atomic E-state index is 15.2. The second-order valence-corrected chi connectivity index (χ2v) is 16.6. The molecule has 55 heavy (non-hydrogen) atoms. The van der Waals surface area contributed by atoms with Crippen LogP contribution in [0.4, 0.5) is 4.79 Å². The number of methoxy groups -OCH3 is 3. The first-order valence-electron chi connectivity index (χ1n) is 16.3. The monoisotopic (exact) mass is 907 g/mol. The van der Waals surface area contributed by atoms with Crippen molar-refractivity contribution < 1.29 is 45.7 Å². The van der Waals surface area contributed by atoms with Gasteiger partial charge in [0.1, 0.15) is 39.8 Å². The Morgan fingerprint density at radius 3 is 1.84 bits per heavy atom. The van der Waals surface area contributed by atoms with Crippen LogP contribution in [0.2, 0.25) is 0 Å². The number of halogens is 1. The standard InChI is InChI=1S/C35H38IN7O10S2/c1-50-27-10-4-23(5-11-27)19-42(20-24-6-12-28(51-2)13-7-24)55(48,49)33-31(54(46,47)38-18-26(44)22-53-35(37)45)17-16-30(36)32(33)34-39-41-43(40-34)21-25-8-14-29(52-3)15-9-25/h4-17,26,38,44H,18-22H2,1-3H3,(H2,37,45)/t26-/m0/s1. The molecule has 0 spiro atoms. The van der Waals surface area contributed by atoms with Crippen molar-refractivity contribution in [2.45, 2.75) is 35.5 Å². The number of benzene rings is 4. The van der Waals surface area contributed by atoms with Crippen molar-refractivity contribution in [3.05, 3.63) is 105 Å². The number of ether oxygens (including phenoxy) is 4. The zero-order valence-electron chi connectivity index (χ0n) is 29.8. The zero-order valence-corrected chi connectivity index (χ0v) is 33.6. The Morgan fingerprint density at radius 2 is 1.35 bits per heavy atom. The van der Waals surface area contributed by atoms with E-state index in [0.29, 0.717) is 31.9 Å². The average Bonchev–Trinajstić information content (AvgIpc) is 3.64. The van der Waals surface area contributed by atoms with Crippen LogP contribution >= 0.6 is 22.6 Å². The largest absolute Gasteiger partial charge is 0.497 e. The number of aliphatic hydroxyl groups is 1. The number of primary amides is 1. The van der Waals surface area contributed by atoms with E-state index in [2.05, 4.69) is 24.9 Å². The predicted molar refractivity (Wildman–Crippen MR) is 207 cm³/mol. The van der Waals surface area contributed by atoms with Crippen LogP contribution in [0, 0.1) is 3.57 Å². The minimum Gasteiger partial charge on any atom is -0.497 e. The molecule has 5 aromatic rings. The van der Waals surface area contributed by atoms with Crippen molar-refractivity contribution in [1.29, 1.82) is 0 Å². The number of aliphatic hydroxyl groups excluding tert-OH is 1. The number of amides is 1. The maximum absolute atomic E-state index is 15.2. The lowest BCUT2D eigenvalue weighted by molar-refractivity contribution is 0.0758. The number of aromatic nitrogens is 4. The number of rotatable bonds is 18. The Kier molecular flexibility index (Phi) is 13.6. The molecule has 1 heterocycles. The van der Waals surface area contributed by atoms with Crippen LogP contribution in [0.1, 0.15) is 16.7 Å². The molecule has 1 aromatic heterocycles. The van der Waals surface area contributed by atoms with Gasteiger partial charge in [0, 0.05) is 23.2 Å². The Labute approximate surface area is 331 Å². The SMILES string of the molecule is COc1ccc(CN(Cc2ccc(OC)cc2)S(=O)(=O)c2c(S(=O)(=O)NC[C@H](O)COC(N)=O)ccc(I)c2-c2nnn(Cc3ccc(OC)cc3)n2)cc1. The van der Waals surface area contributed by atoms with E-state index >= 15 is 8.42 Å². The van der Waals surface area contributed by atoms with Crippen LogP contribution in [0.5, 0.6) is 17.2 Å². The van der Waals surface area contributed by atoms with Gasteiger partial charge in [-0.3, -0.25) is 0 Å². The van der Waals surface area contributed by atoms with E-state index in [1.54, 1.807) is 79.9 Å². The Bertz CT molecular complexity index is 2260. The molecule has 20 heteroatoms. The first-order chi connectivity index (χ1) is 26.2. The normalized spacial score (nSPS) is 12.3. The van der Waals surface area contributed by atoms with Crippen molar-refractivity contribution in [2.75, 3.05) is 34.5 Å². The molecule has 17 nitrogen and oxygen atoms in total. The Balaban J connectivity index is 1.65. The highest BCUT2D eigenvalue weighted by molar-refractivity contribution is 14.1. The van der Waals surface area contributed by atoms with Gasteiger partial charge < -0.3 is 29.8 Å². The molecule has 0 fully saturated rings. The molecule has 0 aliphatic rings. The summed E-state index contributed by atoms with van der Waals surface area (Å²) in [5.41, 5.74) is 6.80. The van der Waals surface area contributed by atoms with Gasteiger partial charge in [-0.2, -0.15) is 9.10 Å². The van der Waals surface area contributed by atoms with Crippen LogP contribution in [0.25, 0.3) is 11.4 Å². The summed E-state index contributed by atoms with van der Waals surface area (Å²) in [4.78, 5) is 11.0. The minimum atomic E-state index is -4.79. The summed E-state index contributed by atoms with van der Waals surface area (Å²) in [6.45, 7) is -1.47. The molecule has 1 atom stereocenters. The molecular weight excluding hydrogens is 869 g/mol. The Hall–Kier alpha value is -4.87. The van der Waals surface area contributed by atoms with E-state index in [1.165, 1.54) is 25.1 Å². The summed E-state index contributed by atoms with van der Waals surface area (Å²) >= 11 is 1.89. The van der Waals surface area contributed by atoms with Gasteiger partial charge in [-0.05, 0) is 93.0 Å². The summed E-state index contributed by atoms with van der Waals surface area (Å²) in [6, 6.07) is 23.2. The van der Waals surface area contributed by atoms with Crippen molar-refractivity contribution in [3.63, 3.8) is 0 Å². The van der Waals surface area contributed by atoms with Gasteiger partial charge >= 0.3 is 6.09 Å². The highest BCUT2D eigenvalue weighted by Gasteiger charge is 2.37. The topological polar surface area (TPSA) is 227 Å². The summed E-state index contributed by atoms with van der Waals surface area (Å²) in [6.07, 6.45) is -2.68. The molecule has 4 aromatic carbocycles. The smallest absolute Gasteiger partial charge is 0.404 e. The maximum Gasteiger partial charge on any atom is 0.404 e. The fourth-order valence-corrected chi connectivity index (χ4v) is 9.62. The molecule has 292 valence electrons. The minimum absolute atomic E-state index is 0.114. The number of tetrazole rings is 1. The van der Waals surface area contributed by atoms with Gasteiger partial charge in [-0.15, -0.1) is 10.2 Å². The fraction of sp³-hybridized carbons (Fsp3) is 0.257. The second-order valence-electron chi connectivity index (χ2n) is 11.8. The molecule has 0 aliphatic carbocycles. The van der Waals surface area contributed by atoms with Crippen LogP contribution in [0.15, 0.2) is 94.7 Å². The van der Waals surface area contributed by atoms with Crippen LogP contribution in [0.3, 0.4) is 0 Å². The van der Waals surface area contributed by atoms with E-state index in [1.807, 2.05) is 22.6 Å². The first kappa shape index (κ1) is 41.3. The Morgan fingerprint density at radius 1 is 0.836 bits per heavy atom. The lowest BCUT2D eigenvalue weighted by atomic mass is 10.2. The van der Waals surface area contributed by atoms with Crippen molar-refractivity contribution in [1.82, 2.24) is 29.2 Å². The van der Waals surface area contributed by atoms with Gasteiger partial charge in [0.25, 0.3) is 0 Å². The number of nitrogens with two attached hydrogens (primary N) is 1. The molecule has 0 radical (unpaired) electrons. The van der Waals surface area contributed by atoms with Gasteiger partial charge in [0.2, 0.25) is 25.9 Å². The quantitative estimate of drug-likeness (QED) is 0.108. The number of nitrogens with one attached hydrogen (secondary N) is 1. The van der Waals surface area contributed by atoms with E-state index in [0.717, 1.165) is 15.9 Å². The summed E-state index contributed by atoms with van der Waals surface area (Å²) < 4.78 is 82.7. The number of carbonyl (C=O) groups is 1. The molecule has 4 N–H and O–H groups in total.